The minimum Gasteiger partial charge on any atom is -0.351 e. The summed E-state index contributed by atoms with van der Waals surface area (Å²) in [6.07, 6.45) is 10.2. The Labute approximate surface area is 148 Å². The number of amides is 2. The minimum atomic E-state index is -0.0290. The van der Waals surface area contributed by atoms with Crippen molar-refractivity contribution in [3.05, 3.63) is 22.4 Å². The largest absolute Gasteiger partial charge is 0.351 e. The number of nitrogens with one attached hydrogen (secondary N) is 1. The summed E-state index contributed by atoms with van der Waals surface area (Å²) < 4.78 is 0. The lowest BCUT2D eigenvalue weighted by Gasteiger charge is -2.30. The van der Waals surface area contributed by atoms with Gasteiger partial charge in [0.25, 0.3) is 5.91 Å². The first kappa shape index (κ1) is 17.5. The monoisotopic (exact) mass is 348 g/mol. The Morgan fingerprint density at radius 3 is 2.62 bits per heavy atom. The lowest BCUT2D eigenvalue weighted by molar-refractivity contribution is -0.132. The summed E-state index contributed by atoms with van der Waals surface area (Å²) in [6, 6.07) is 4.20. The number of carbonyl (C=O) groups excluding carboxylic acids is 2. The number of rotatable bonds is 8. The molecule has 2 fully saturated rings. The summed E-state index contributed by atoms with van der Waals surface area (Å²) >= 11 is 1.44. The fourth-order valence-electron chi connectivity index (χ4n) is 3.57. The first-order chi connectivity index (χ1) is 11.7. The molecule has 0 saturated heterocycles. The molecule has 0 aromatic carbocycles. The predicted octanol–water partition coefficient (Wildman–Crippen LogP) is 3.83. The Hall–Kier alpha value is -1.36. The van der Waals surface area contributed by atoms with E-state index in [1.165, 1.54) is 56.3 Å². The van der Waals surface area contributed by atoms with Gasteiger partial charge in [0, 0.05) is 25.6 Å². The summed E-state index contributed by atoms with van der Waals surface area (Å²) in [4.78, 5) is 27.3. The summed E-state index contributed by atoms with van der Waals surface area (Å²) in [5, 5.41) is 4.81. The molecule has 0 bridgehead atoms. The molecule has 0 radical (unpaired) electrons. The van der Waals surface area contributed by atoms with Crippen molar-refractivity contribution in [3.8, 4) is 0 Å². The molecule has 2 aliphatic carbocycles. The van der Waals surface area contributed by atoms with Gasteiger partial charge >= 0.3 is 0 Å². The van der Waals surface area contributed by atoms with E-state index in [0.29, 0.717) is 24.9 Å². The van der Waals surface area contributed by atoms with Crippen LogP contribution in [0.4, 0.5) is 0 Å². The van der Waals surface area contributed by atoms with Crippen LogP contribution in [-0.2, 0) is 4.79 Å². The van der Waals surface area contributed by atoms with Crippen LogP contribution >= 0.6 is 11.3 Å². The standard InChI is InChI=1S/C19H28N2O2S/c22-18(9-4-12-20-19(23)17-8-5-13-24-17)21(16-10-11-16)14-15-6-2-1-3-7-15/h5,8,13,15-16H,1-4,6-7,9-12,14H2,(H,20,23). The maximum Gasteiger partial charge on any atom is 0.261 e. The molecule has 4 nitrogen and oxygen atoms in total. The fourth-order valence-corrected chi connectivity index (χ4v) is 4.21. The van der Waals surface area contributed by atoms with Gasteiger partial charge in [-0.15, -0.1) is 11.3 Å². The second kappa shape index (κ2) is 8.65. The molecular weight excluding hydrogens is 320 g/mol. The Morgan fingerprint density at radius 1 is 1.17 bits per heavy atom. The van der Waals surface area contributed by atoms with E-state index in [1.807, 2.05) is 17.5 Å². The molecular formula is C19H28N2O2S. The Bertz CT molecular complexity index is 534. The van der Waals surface area contributed by atoms with Crippen molar-refractivity contribution < 1.29 is 9.59 Å². The molecule has 0 spiro atoms. The zero-order valence-corrected chi connectivity index (χ0v) is 15.2. The van der Waals surface area contributed by atoms with Gasteiger partial charge in [0.2, 0.25) is 5.91 Å². The number of thiophene rings is 1. The number of hydrogen-bond acceptors (Lipinski definition) is 3. The van der Waals surface area contributed by atoms with E-state index < -0.39 is 0 Å². The highest BCUT2D eigenvalue weighted by Crippen LogP contribution is 2.31. The third-order valence-electron chi connectivity index (χ3n) is 5.09. The molecule has 0 aliphatic heterocycles. The van der Waals surface area contributed by atoms with Crippen molar-refractivity contribution in [3.63, 3.8) is 0 Å². The van der Waals surface area contributed by atoms with Gasteiger partial charge in [-0.05, 0) is 49.5 Å². The average molecular weight is 349 g/mol. The van der Waals surface area contributed by atoms with Gasteiger partial charge < -0.3 is 10.2 Å². The molecule has 2 amide bonds. The Morgan fingerprint density at radius 2 is 1.96 bits per heavy atom. The molecule has 1 N–H and O–H groups in total. The molecule has 1 aromatic rings. The van der Waals surface area contributed by atoms with Crippen LogP contribution in [0.15, 0.2) is 17.5 Å². The third-order valence-corrected chi connectivity index (χ3v) is 5.95. The van der Waals surface area contributed by atoms with Gasteiger partial charge in [-0.1, -0.05) is 25.3 Å². The highest BCUT2D eigenvalue weighted by Gasteiger charge is 2.33. The van der Waals surface area contributed by atoms with Crippen molar-refractivity contribution >= 4 is 23.2 Å². The van der Waals surface area contributed by atoms with E-state index in [1.54, 1.807) is 0 Å². The van der Waals surface area contributed by atoms with Crippen molar-refractivity contribution in [2.45, 2.75) is 63.8 Å². The van der Waals surface area contributed by atoms with Gasteiger partial charge in [0.05, 0.1) is 4.88 Å². The number of carbonyl (C=O) groups is 2. The molecule has 1 aromatic heterocycles. The second-order valence-electron chi connectivity index (χ2n) is 7.12. The Kier molecular flexibility index (Phi) is 6.30. The van der Waals surface area contributed by atoms with Gasteiger partial charge in [-0.3, -0.25) is 9.59 Å². The van der Waals surface area contributed by atoms with E-state index in [0.717, 1.165) is 17.8 Å². The summed E-state index contributed by atoms with van der Waals surface area (Å²) in [7, 11) is 0. The van der Waals surface area contributed by atoms with Crippen LogP contribution in [0.1, 0.15) is 67.5 Å². The SMILES string of the molecule is O=C(NCCCC(=O)N(CC1CCCCC1)C1CC1)c1cccs1. The normalized spacial score (nSPS) is 18.3. The van der Waals surface area contributed by atoms with Crippen LogP contribution in [0.3, 0.4) is 0 Å². The molecule has 2 aliphatic rings. The van der Waals surface area contributed by atoms with Crippen LogP contribution in [0, 0.1) is 5.92 Å². The second-order valence-corrected chi connectivity index (χ2v) is 8.07. The van der Waals surface area contributed by atoms with Crippen molar-refractivity contribution in [1.82, 2.24) is 10.2 Å². The van der Waals surface area contributed by atoms with Crippen LogP contribution in [0.25, 0.3) is 0 Å². The van der Waals surface area contributed by atoms with Crippen molar-refractivity contribution in [2.24, 2.45) is 5.92 Å². The predicted molar refractivity (Wildman–Crippen MR) is 97.2 cm³/mol. The zero-order valence-electron chi connectivity index (χ0n) is 14.3. The lowest BCUT2D eigenvalue weighted by Crippen LogP contribution is -2.38. The first-order valence-corrected chi connectivity index (χ1v) is 10.2. The van der Waals surface area contributed by atoms with E-state index in [9.17, 15) is 9.59 Å². The highest BCUT2D eigenvalue weighted by molar-refractivity contribution is 7.12. The fraction of sp³-hybridized carbons (Fsp3) is 0.684. The minimum absolute atomic E-state index is 0.0290. The highest BCUT2D eigenvalue weighted by atomic mass is 32.1. The van der Waals surface area contributed by atoms with E-state index >= 15 is 0 Å². The summed E-state index contributed by atoms with van der Waals surface area (Å²) in [5.41, 5.74) is 0. The molecule has 5 heteroatoms. The van der Waals surface area contributed by atoms with Crippen LogP contribution in [0.5, 0.6) is 0 Å². The van der Waals surface area contributed by atoms with Crippen molar-refractivity contribution in [2.75, 3.05) is 13.1 Å². The lowest BCUT2D eigenvalue weighted by atomic mass is 9.89. The van der Waals surface area contributed by atoms with Gasteiger partial charge in [-0.2, -0.15) is 0 Å². The van der Waals surface area contributed by atoms with Gasteiger partial charge in [0.15, 0.2) is 0 Å². The smallest absolute Gasteiger partial charge is 0.261 e. The zero-order chi connectivity index (χ0) is 16.8. The molecule has 2 saturated carbocycles. The van der Waals surface area contributed by atoms with E-state index in [-0.39, 0.29) is 11.8 Å². The maximum absolute atomic E-state index is 12.6. The summed E-state index contributed by atoms with van der Waals surface area (Å²) in [6.45, 7) is 1.54. The average Bonchev–Trinajstić information content (AvgIpc) is 3.29. The quantitative estimate of drug-likeness (QED) is 0.726. The van der Waals surface area contributed by atoms with Crippen LogP contribution in [0.2, 0.25) is 0 Å². The van der Waals surface area contributed by atoms with Crippen LogP contribution in [-0.4, -0.2) is 35.8 Å². The molecule has 0 unspecified atom stereocenters. The summed E-state index contributed by atoms with van der Waals surface area (Å²) in [5.74, 6) is 0.967. The molecule has 3 rings (SSSR count). The first-order valence-electron chi connectivity index (χ1n) is 9.35. The molecule has 24 heavy (non-hydrogen) atoms. The topological polar surface area (TPSA) is 49.4 Å². The van der Waals surface area contributed by atoms with E-state index in [4.69, 9.17) is 0 Å². The van der Waals surface area contributed by atoms with Crippen LogP contribution < -0.4 is 5.32 Å². The molecule has 0 atom stereocenters. The maximum atomic E-state index is 12.6. The van der Waals surface area contributed by atoms with Gasteiger partial charge in [0.1, 0.15) is 0 Å². The number of hydrogen-bond donors (Lipinski definition) is 1. The van der Waals surface area contributed by atoms with Crippen molar-refractivity contribution in [1.29, 1.82) is 0 Å². The molecule has 1 heterocycles. The van der Waals surface area contributed by atoms with E-state index in [2.05, 4.69) is 10.2 Å². The third kappa shape index (κ3) is 5.07. The van der Waals surface area contributed by atoms with Gasteiger partial charge in [-0.25, -0.2) is 0 Å². The number of nitrogens with zero attached hydrogens (tertiary/aromatic N) is 1. The molecule has 132 valence electrons. The Balaban J connectivity index is 1.38.